The van der Waals surface area contributed by atoms with Crippen LogP contribution in [-0.4, -0.2) is 16.6 Å². The molecule has 5 aromatic rings. The number of imidazole rings is 1. The van der Waals surface area contributed by atoms with Crippen molar-refractivity contribution in [3.05, 3.63) is 121 Å². The van der Waals surface area contributed by atoms with Crippen LogP contribution >= 0.6 is 11.8 Å². The number of aromatic amines is 1. The van der Waals surface area contributed by atoms with E-state index in [4.69, 9.17) is 0 Å². The van der Waals surface area contributed by atoms with Crippen LogP contribution in [0.25, 0.3) is 11.0 Å². The molecule has 1 N–H and O–H groups in total. The summed E-state index contributed by atoms with van der Waals surface area (Å²) in [6, 6.07) is 38.3. The van der Waals surface area contributed by atoms with Crippen LogP contribution in [-0.2, 0) is 11.3 Å². The molecule has 5 heteroatoms. The molecule has 1 heterocycles. The number of para-hydroxylation sites is 4. The minimum absolute atomic E-state index is 0.0299. The number of fused-ring (bicyclic) bond motifs is 1. The Bertz CT molecular complexity index is 1310. The van der Waals surface area contributed by atoms with Gasteiger partial charge in [0.15, 0.2) is 11.0 Å². The van der Waals surface area contributed by atoms with Gasteiger partial charge in [-0.2, -0.15) is 0 Å². The Hall–Kier alpha value is -3.83. The fourth-order valence-corrected chi connectivity index (χ4v) is 4.82. The number of aromatic nitrogens is 2. The highest BCUT2D eigenvalue weighted by Gasteiger charge is 2.23. The number of thioether (sulfide) groups is 1. The Morgan fingerprint density at radius 3 is 1.91 bits per heavy atom. The molecule has 4 nitrogen and oxygen atoms in total. The molecule has 1 amide bonds. The number of hydrogen-bond acceptors (Lipinski definition) is 2. The standard InChI is InChI=1S/C28H23N3OS/c32-27(31(23-14-6-2-7-15-23)24-16-8-3-9-17-24)21-33-28-29-25-18-10-11-19-26(25)30(28)20-22-12-4-1-5-13-22/h1-19H,20-21H2/p+1. The number of carbonyl (C=O) groups excluding carboxylic acids is 1. The van der Waals surface area contributed by atoms with Crippen molar-refractivity contribution >= 4 is 40.1 Å². The molecule has 0 aliphatic rings. The Kier molecular flexibility index (Phi) is 6.22. The van der Waals surface area contributed by atoms with E-state index in [1.54, 1.807) is 4.90 Å². The Morgan fingerprint density at radius 1 is 0.727 bits per heavy atom. The van der Waals surface area contributed by atoms with E-state index in [1.807, 2.05) is 78.9 Å². The first-order chi connectivity index (χ1) is 16.3. The van der Waals surface area contributed by atoms with E-state index in [0.717, 1.165) is 34.1 Å². The van der Waals surface area contributed by atoms with Gasteiger partial charge in [-0.1, -0.05) is 78.9 Å². The van der Waals surface area contributed by atoms with Crippen LogP contribution in [0.4, 0.5) is 11.4 Å². The molecule has 0 atom stereocenters. The molecule has 0 unspecified atom stereocenters. The molecule has 0 aliphatic carbocycles. The van der Waals surface area contributed by atoms with Gasteiger partial charge in [0.1, 0.15) is 6.54 Å². The third-order valence-electron chi connectivity index (χ3n) is 5.48. The van der Waals surface area contributed by atoms with Gasteiger partial charge in [-0.25, -0.2) is 9.55 Å². The Balaban J connectivity index is 1.44. The van der Waals surface area contributed by atoms with Crippen molar-refractivity contribution in [3.8, 4) is 0 Å². The molecule has 0 saturated carbocycles. The van der Waals surface area contributed by atoms with Crippen molar-refractivity contribution in [2.75, 3.05) is 10.7 Å². The summed E-state index contributed by atoms with van der Waals surface area (Å²) in [6.07, 6.45) is 0. The van der Waals surface area contributed by atoms with Gasteiger partial charge in [0.25, 0.3) is 0 Å². The lowest BCUT2D eigenvalue weighted by Crippen LogP contribution is -2.36. The molecule has 0 saturated heterocycles. The highest BCUT2D eigenvalue weighted by atomic mass is 32.2. The molecule has 162 valence electrons. The molecule has 1 aromatic heterocycles. The smallest absolute Gasteiger partial charge is 0.280 e. The lowest BCUT2D eigenvalue weighted by atomic mass is 10.2. The topological polar surface area (TPSA) is 40.0 Å². The van der Waals surface area contributed by atoms with Gasteiger partial charge in [-0.3, -0.25) is 9.69 Å². The van der Waals surface area contributed by atoms with Crippen molar-refractivity contribution in [1.29, 1.82) is 0 Å². The summed E-state index contributed by atoms with van der Waals surface area (Å²) in [5.74, 6) is 0.341. The fourth-order valence-electron chi connectivity index (χ4n) is 3.93. The zero-order valence-electron chi connectivity index (χ0n) is 18.1. The summed E-state index contributed by atoms with van der Waals surface area (Å²) >= 11 is 1.53. The van der Waals surface area contributed by atoms with Crippen molar-refractivity contribution in [1.82, 2.24) is 4.98 Å². The zero-order chi connectivity index (χ0) is 22.5. The number of hydrogen-bond donors (Lipinski definition) is 1. The number of anilines is 2. The van der Waals surface area contributed by atoms with Crippen LogP contribution in [0.3, 0.4) is 0 Å². The number of rotatable bonds is 7. The number of nitrogens with one attached hydrogen (secondary N) is 1. The zero-order valence-corrected chi connectivity index (χ0v) is 18.9. The molecule has 0 radical (unpaired) electrons. The number of carbonyl (C=O) groups is 1. The van der Waals surface area contributed by atoms with Crippen molar-refractivity contribution in [3.63, 3.8) is 0 Å². The summed E-state index contributed by atoms with van der Waals surface area (Å²) in [6.45, 7) is 0.739. The van der Waals surface area contributed by atoms with E-state index in [1.165, 1.54) is 17.3 Å². The maximum Gasteiger partial charge on any atom is 0.317 e. The van der Waals surface area contributed by atoms with Gasteiger partial charge in [0.05, 0.1) is 5.75 Å². The van der Waals surface area contributed by atoms with Crippen LogP contribution in [0.1, 0.15) is 5.56 Å². The van der Waals surface area contributed by atoms with Crippen molar-refractivity contribution < 1.29 is 9.36 Å². The molecule has 0 spiro atoms. The summed E-state index contributed by atoms with van der Waals surface area (Å²) in [5.41, 5.74) is 5.13. The minimum atomic E-state index is 0.0299. The quantitative estimate of drug-likeness (QED) is 0.245. The third kappa shape index (κ3) is 4.69. The van der Waals surface area contributed by atoms with E-state index in [2.05, 4.69) is 45.9 Å². The molecule has 0 aliphatic heterocycles. The number of amides is 1. The second kappa shape index (κ2) is 9.76. The maximum absolute atomic E-state index is 13.5. The van der Waals surface area contributed by atoms with Crippen LogP contribution in [0.5, 0.6) is 0 Å². The van der Waals surface area contributed by atoms with Crippen molar-refractivity contribution in [2.24, 2.45) is 0 Å². The second-order valence-electron chi connectivity index (χ2n) is 7.71. The molecule has 0 fully saturated rings. The molecule has 4 aromatic carbocycles. The predicted molar refractivity (Wildman–Crippen MR) is 135 cm³/mol. The third-order valence-corrected chi connectivity index (χ3v) is 6.46. The highest BCUT2D eigenvalue weighted by Crippen LogP contribution is 2.27. The van der Waals surface area contributed by atoms with Crippen LogP contribution in [0.2, 0.25) is 0 Å². The molecular weight excluding hydrogens is 426 g/mol. The molecule has 33 heavy (non-hydrogen) atoms. The Labute approximate surface area is 197 Å². The van der Waals surface area contributed by atoms with Gasteiger partial charge in [-0.15, -0.1) is 0 Å². The van der Waals surface area contributed by atoms with Gasteiger partial charge < -0.3 is 0 Å². The van der Waals surface area contributed by atoms with Crippen molar-refractivity contribution in [2.45, 2.75) is 11.7 Å². The average Bonchev–Trinajstić information content (AvgIpc) is 3.22. The SMILES string of the molecule is O=C(CSc1[nH]c2ccccc2[n+]1Cc1ccccc1)N(c1ccccc1)c1ccccc1. The lowest BCUT2D eigenvalue weighted by molar-refractivity contribution is -0.700. The van der Waals surface area contributed by atoms with E-state index >= 15 is 0 Å². The first-order valence-corrected chi connectivity index (χ1v) is 11.9. The summed E-state index contributed by atoms with van der Waals surface area (Å²) < 4.78 is 2.25. The highest BCUT2D eigenvalue weighted by molar-refractivity contribution is 7.99. The summed E-state index contributed by atoms with van der Waals surface area (Å²) in [7, 11) is 0. The van der Waals surface area contributed by atoms with Crippen LogP contribution < -0.4 is 9.47 Å². The van der Waals surface area contributed by atoms with Gasteiger partial charge >= 0.3 is 5.16 Å². The van der Waals surface area contributed by atoms with E-state index in [9.17, 15) is 4.79 Å². The number of nitrogens with zero attached hydrogens (tertiary/aromatic N) is 2. The number of benzene rings is 4. The van der Waals surface area contributed by atoms with Crippen LogP contribution in [0.15, 0.2) is 120 Å². The van der Waals surface area contributed by atoms with Gasteiger partial charge in [-0.05, 0) is 53.7 Å². The fraction of sp³-hybridized carbons (Fsp3) is 0.0714. The summed E-state index contributed by atoms with van der Waals surface area (Å²) in [5, 5.41) is 0.967. The first-order valence-electron chi connectivity index (χ1n) is 10.9. The van der Waals surface area contributed by atoms with E-state index in [0.29, 0.717) is 5.75 Å². The Morgan fingerprint density at radius 2 is 1.27 bits per heavy atom. The molecular formula is C28H24N3OS+. The molecule has 5 rings (SSSR count). The maximum atomic E-state index is 13.5. The lowest BCUT2D eigenvalue weighted by Gasteiger charge is -2.22. The number of H-pyrrole nitrogens is 1. The monoisotopic (exact) mass is 450 g/mol. The first kappa shape index (κ1) is 21.0. The van der Waals surface area contributed by atoms with Gasteiger partial charge in [0.2, 0.25) is 5.91 Å². The van der Waals surface area contributed by atoms with E-state index < -0.39 is 0 Å². The van der Waals surface area contributed by atoms with E-state index in [-0.39, 0.29) is 5.91 Å². The minimum Gasteiger partial charge on any atom is -0.280 e. The average molecular weight is 451 g/mol. The van der Waals surface area contributed by atoms with Gasteiger partial charge in [0, 0.05) is 11.4 Å². The summed E-state index contributed by atoms with van der Waals surface area (Å²) in [4.78, 5) is 18.8. The second-order valence-corrected chi connectivity index (χ2v) is 8.67. The predicted octanol–water partition coefficient (Wildman–Crippen LogP) is 5.96. The van der Waals surface area contributed by atoms with Crippen LogP contribution in [0, 0.1) is 0 Å². The normalized spacial score (nSPS) is 10.9. The molecule has 0 bridgehead atoms. The largest absolute Gasteiger partial charge is 0.317 e.